The number of ether oxygens (including phenoxy) is 1. The molecule has 0 aliphatic carbocycles. The van der Waals surface area contributed by atoms with Crippen LogP contribution in [0.1, 0.15) is 60.8 Å². The first kappa shape index (κ1) is 25.0. The maximum absolute atomic E-state index is 12.8. The zero-order valence-corrected chi connectivity index (χ0v) is 20.9. The van der Waals surface area contributed by atoms with Gasteiger partial charge in [0.15, 0.2) is 0 Å². The van der Waals surface area contributed by atoms with Crippen molar-refractivity contribution in [1.29, 1.82) is 0 Å². The molecule has 0 fully saturated rings. The van der Waals surface area contributed by atoms with Crippen molar-refractivity contribution < 1.29 is 9.53 Å². The largest absolute Gasteiger partial charge is 0.493 e. The highest BCUT2D eigenvalue weighted by molar-refractivity contribution is 5.78. The van der Waals surface area contributed by atoms with Crippen LogP contribution in [-0.4, -0.2) is 37.0 Å². The number of nitrogens with one attached hydrogen (secondary N) is 1. The summed E-state index contributed by atoms with van der Waals surface area (Å²) in [6, 6.07) is 27.5. The molecule has 1 aliphatic rings. The van der Waals surface area contributed by atoms with Gasteiger partial charge in [0.1, 0.15) is 5.75 Å². The molecular formula is C31H38N2O2. The normalized spacial score (nSPS) is 13.4. The second kappa shape index (κ2) is 13.1. The molecule has 0 atom stereocenters. The monoisotopic (exact) mass is 470 g/mol. The number of unbranched alkanes of at least 4 members (excludes halogenated alkanes) is 2. The molecule has 35 heavy (non-hydrogen) atoms. The predicted octanol–water partition coefficient (Wildman–Crippen LogP) is 5.95. The molecule has 1 N–H and O–H groups in total. The molecule has 0 aromatic heterocycles. The minimum absolute atomic E-state index is 0.0923. The summed E-state index contributed by atoms with van der Waals surface area (Å²) in [5, 5.41) is 3.18. The van der Waals surface area contributed by atoms with E-state index in [1.165, 1.54) is 35.1 Å². The minimum Gasteiger partial charge on any atom is -0.493 e. The maximum atomic E-state index is 12.8. The summed E-state index contributed by atoms with van der Waals surface area (Å²) in [5.41, 5.74) is 5.17. The van der Waals surface area contributed by atoms with Crippen molar-refractivity contribution >= 4 is 5.91 Å². The average molecular weight is 471 g/mol. The van der Waals surface area contributed by atoms with Gasteiger partial charge in [-0.25, -0.2) is 0 Å². The molecule has 0 saturated heterocycles. The molecule has 0 unspecified atom stereocenters. The highest BCUT2D eigenvalue weighted by atomic mass is 16.5. The number of rotatable bonds is 12. The van der Waals surface area contributed by atoms with E-state index in [1.807, 2.05) is 12.1 Å². The van der Waals surface area contributed by atoms with Gasteiger partial charge in [-0.3, -0.25) is 9.69 Å². The average Bonchev–Trinajstić information content (AvgIpc) is 2.90. The van der Waals surface area contributed by atoms with E-state index in [4.69, 9.17) is 4.74 Å². The van der Waals surface area contributed by atoms with Crippen molar-refractivity contribution in [2.24, 2.45) is 0 Å². The van der Waals surface area contributed by atoms with Gasteiger partial charge in [0.25, 0.3) is 0 Å². The van der Waals surface area contributed by atoms with Gasteiger partial charge in [-0.05, 0) is 42.0 Å². The lowest BCUT2D eigenvalue weighted by Gasteiger charge is -2.29. The van der Waals surface area contributed by atoms with Crippen LogP contribution in [0, 0.1) is 0 Å². The van der Waals surface area contributed by atoms with E-state index in [-0.39, 0.29) is 11.8 Å². The van der Waals surface area contributed by atoms with Gasteiger partial charge in [0.2, 0.25) is 5.91 Å². The van der Waals surface area contributed by atoms with E-state index >= 15 is 0 Å². The lowest BCUT2D eigenvalue weighted by molar-refractivity contribution is -0.122. The summed E-state index contributed by atoms with van der Waals surface area (Å²) in [4.78, 5) is 15.1. The number of hydrogen-bond acceptors (Lipinski definition) is 3. The molecule has 4 heteroatoms. The number of carbonyl (C=O) groups excluding carboxylic acids is 1. The number of benzene rings is 3. The summed E-state index contributed by atoms with van der Waals surface area (Å²) in [6.45, 7) is 5.71. The Bertz CT molecular complexity index is 1010. The Kier molecular flexibility index (Phi) is 9.36. The summed E-state index contributed by atoms with van der Waals surface area (Å²) in [6.07, 6.45) is 5.30. The molecule has 0 spiro atoms. The third kappa shape index (κ3) is 7.19. The number of nitrogens with zero attached hydrogens (tertiary/aromatic N) is 1. The van der Waals surface area contributed by atoms with E-state index < -0.39 is 0 Å². The summed E-state index contributed by atoms with van der Waals surface area (Å²) >= 11 is 0. The van der Waals surface area contributed by atoms with Crippen LogP contribution in [0.4, 0.5) is 0 Å². The van der Waals surface area contributed by atoms with E-state index in [2.05, 4.69) is 83.9 Å². The molecule has 4 rings (SSSR count). The highest BCUT2D eigenvalue weighted by Crippen LogP contribution is 2.29. The molecular weight excluding hydrogens is 432 g/mol. The lowest BCUT2D eigenvalue weighted by Crippen LogP contribution is -2.40. The van der Waals surface area contributed by atoms with Gasteiger partial charge < -0.3 is 10.1 Å². The fourth-order valence-electron chi connectivity index (χ4n) is 4.92. The Balaban J connectivity index is 1.30. The van der Waals surface area contributed by atoms with Gasteiger partial charge in [-0.2, -0.15) is 0 Å². The van der Waals surface area contributed by atoms with E-state index in [1.54, 1.807) is 0 Å². The third-order valence-corrected chi connectivity index (χ3v) is 6.84. The molecule has 1 amide bonds. The Morgan fingerprint density at radius 2 is 1.66 bits per heavy atom. The van der Waals surface area contributed by atoms with Crippen molar-refractivity contribution in [2.45, 2.75) is 51.5 Å². The smallest absolute Gasteiger partial charge is 0.234 e. The molecule has 0 saturated carbocycles. The van der Waals surface area contributed by atoms with Crippen LogP contribution in [0.5, 0.6) is 5.75 Å². The van der Waals surface area contributed by atoms with E-state index in [9.17, 15) is 4.79 Å². The van der Waals surface area contributed by atoms with Gasteiger partial charge >= 0.3 is 0 Å². The highest BCUT2D eigenvalue weighted by Gasteiger charge is 2.22. The zero-order chi connectivity index (χ0) is 24.3. The Labute approximate surface area is 210 Å². The van der Waals surface area contributed by atoms with Crippen LogP contribution in [-0.2, 0) is 17.8 Å². The van der Waals surface area contributed by atoms with Crippen LogP contribution in [0.15, 0.2) is 78.9 Å². The third-order valence-electron chi connectivity index (χ3n) is 6.84. The van der Waals surface area contributed by atoms with Gasteiger partial charge in [-0.1, -0.05) is 92.6 Å². The second-order valence-corrected chi connectivity index (χ2v) is 9.42. The summed E-state index contributed by atoms with van der Waals surface area (Å²) in [7, 11) is 0. The van der Waals surface area contributed by atoms with Gasteiger partial charge in [0, 0.05) is 31.1 Å². The molecule has 4 nitrogen and oxygen atoms in total. The molecule has 3 aromatic carbocycles. The zero-order valence-electron chi connectivity index (χ0n) is 20.9. The van der Waals surface area contributed by atoms with E-state index in [0.717, 1.165) is 44.7 Å². The second-order valence-electron chi connectivity index (χ2n) is 9.42. The van der Waals surface area contributed by atoms with Gasteiger partial charge in [-0.15, -0.1) is 0 Å². The first-order valence-corrected chi connectivity index (χ1v) is 13.1. The van der Waals surface area contributed by atoms with Crippen molar-refractivity contribution in [3.8, 4) is 5.75 Å². The summed E-state index contributed by atoms with van der Waals surface area (Å²) in [5.74, 6) is 1.35. The van der Waals surface area contributed by atoms with Gasteiger partial charge in [0.05, 0.1) is 13.2 Å². The number of hydrogen-bond donors (Lipinski definition) is 1. The first-order chi connectivity index (χ1) is 17.2. The lowest BCUT2D eigenvalue weighted by atomic mass is 9.88. The number of amides is 1. The summed E-state index contributed by atoms with van der Waals surface area (Å²) < 4.78 is 6.11. The molecule has 1 heterocycles. The quantitative estimate of drug-likeness (QED) is 0.333. The van der Waals surface area contributed by atoms with E-state index in [0.29, 0.717) is 13.1 Å². The Morgan fingerprint density at radius 1 is 0.943 bits per heavy atom. The number of fused-ring (bicyclic) bond motifs is 1. The van der Waals surface area contributed by atoms with Crippen molar-refractivity contribution in [3.63, 3.8) is 0 Å². The standard InChI is InChI=1S/C31H38N2O2/c1-2-3-10-22-35-30-17-11-16-27-19-21-33(23-29(27)30)24-31(34)32-20-18-28(25-12-6-4-7-13-25)26-14-8-5-9-15-26/h4-9,11-17,28H,2-3,10,18-24H2,1H3,(H,32,34). The van der Waals surface area contributed by atoms with Crippen LogP contribution in [0.25, 0.3) is 0 Å². The maximum Gasteiger partial charge on any atom is 0.234 e. The van der Waals surface area contributed by atoms with Crippen molar-refractivity contribution in [1.82, 2.24) is 10.2 Å². The van der Waals surface area contributed by atoms with Crippen LogP contribution < -0.4 is 10.1 Å². The molecule has 184 valence electrons. The Morgan fingerprint density at radius 3 is 2.34 bits per heavy atom. The minimum atomic E-state index is 0.0923. The van der Waals surface area contributed by atoms with Crippen LogP contribution >= 0.6 is 0 Å². The molecule has 0 radical (unpaired) electrons. The number of carbonyl (C=O) groups is 1. The van der Waals surface area contributed by atoms with Crippen molar-refractivity contribution in [2.75, 3.05) is 26.2 Å². The van der Waals surface area contributed by atoms with Crippen LogP contribution in [0.3, 0.4) is 0 Å². The fraction of sp³-hybridized carbons (Fsp3) is 0.387. The molecule has 1 aliphatic heterocycles. The topological polar surface area (TPSA) is 41.6 Å². The molecule has 0 bridgehead atoms. The molecule has 3 aromatic rings. The Hall–Kier alpha value is -3.11. The SMILES string of the molecule is CCCCCOc1cccc2c1CN(CC(=O)NCCC(c1ccccc1)c1ccccc1)CC2. The van der Waals surface area contributed by atoms with Crippen LogP contribution in [0.2, 0.25) is 0 Å². The fourth-order valence-corrected chi connectivity index (χ4v) is 4.92. The predicted molar refractivity (Wildman–Crippen MR) is 143 cm³/mol. The van der Waals surface area contributed by atoms with Crippen molar-refractivity contribution in [3.05, 3.63) is 101 Å². The first-order valence-electron chi connectivity index (χ1n) is 13.1.